The van der Waals surface area contributed by atoms with Crippen molar-refractivity contribution < 1.29 is 0 Å². The number of benzene rings is 1. The largest absolute Gasteiger partial charge is 0.398 e. The molecule has 3 N–H and O–H groups in total. The number of rotatable bonds is 5. The summed E-state index contributed by atoms with van der Waals surface area (Å²) in [6.45, 7) is 7.51. The van der Waals surface area contributed by atoms with Crippen LogP contribution >= 0.6 is 15.9 Å². The van der Waals surface area contributed by atoms with Gasteiger partial charge in [0.15, 0.2) is 0 Å². The fourth-order valence-electron chi connectivity index (χ4n) is 1.82. The smallest absolute Gasteiger partial charge is 0.0491 e. The number of halogens is 1. The number of likely N-dealkylation sites (N-methyl/N-ethyl adjacent to an activating group) is 1. The topological polar surface area (TPSA) is 41.3 Å². The summed E-state index contributed by atoms with van der Waals surface area (Å²) in [5, 5.41) is 3.60. The molecule has 0 saturated carbocycles. The first-order valence-corrected chi connectivity index (χ1v) is 7.07. The molecule has 18 heavy (non-hydrogen) atoms. The molecule has 0 radical (unpaired) electrons. The summed E-state index contributed by atoms with van der Waals surface area (Å²) in [5.74, 6) is 0.567. The van der Waals surface area contributed by atoms with E-state index in [0.29, 0.717) is 12.0 Å². The van der Waals surface area contributed by atoms with Crippen molar-refractivity contribution in [1.82, 2.24) is 4.90 Å². The molecule has 1 aromatic carbocycles. The van der Waals surface area contributed by atoms with Gasteiger partial charge in [0.1, 0.15) is 0 Å². The summed E-state index contributed by atoms with van der Waals surface area (Å²) in [6.07, 6.45) is 0. The SMILES string of the molecule is Cc1cc(NC(CN(C)C)C(C)C)c(Br)cc1N. The van der Waals surface area contributed by atoms with E-state index in [9.17, 15) is 0 Å². The Kier molecular flexibility index (Phi) is 5.47. The molecule has 1 unspecified atom stereocenters. The fourth-order valence-corrected chi connectivity index (χ4v) is 2.30. The molecule has 4 heteroatoms. The number of nitrogens with two attached hydrogens (primary N) is 1. The number of nitrogens with one attached hydrogen (secondary N) is 1. The van der Waals surface area contributed by atoms with Gasteiger partial charge >= 0.3 is 0 Å². The number of hydrogen-bond acceptors (Lipinski definition) is 3. The highest BCUT2D eigenvalue weighted by Gasteiger charge is 2.15. The first-order chi connectivity index (χ1) is 8.31. The molecule has 0 heterocycles. The first kappa shape index (κ1) is 15.3. The van der Waals surface area contributed by atoms with Crippen LogP contribution in [0, 0.1) is 12.8 Å². The monoisotopic (exact) mass is 313 g/mol. The molecule has 0 aliphatic rings. The predicted octanol–water partition coefficient (Wildman–Crippen LogP) is 3.34. The molecule has 1 atom stereocenters. The van der Waals surface area contributed by atoms with Gasteiger partial charge in [-0.2, -0.15) is 0 Å². The van der Waals surface area contributed by atoms with Crippen molar-refractivity contribution >= 4 is 27.3 Å². The normalized spacial score (nSPS) is 13.1. The summed E-state index contributed by atoms with van der Waals surface area (Å²) in [5.41, 5.74) is 8.93. The van der Waals surface area contributed by atoms with E-state index in [0.717, 1.165) is 28.0 Å². The Morgan fingerprint density at radius 2 is 1.94 bits per heavy atom. The molecular formula is C14H24BrN3. The van der Waals surface area contributed by atoms with E-state index in [1.165, 1.54) is 0 Å². The molecule has 1 aromatic rings. The van der Waals surface area contributed by atoms with Crippen LogP contribution in [0.2, 0.25) is 0 Å². The van der Waals surface area contributed by atoms with Gasteiger partial charge in [0.25, 0.3) is 0 Å². The minimum absolute atomic E-state index is 0.416. The van der Waals surface area contributed by atoms with Crippen LogP contribution < -0.4 is 11.1 Å². The van der Waals surface area contributed by atoms with Crippen molar-refractivity contribution in [3.63, 3.8) is 0 Å². The van der Waals surface area contributed by atoms with Crippen LogP contribution in [0.5, 0.6) is 0 Å². The summed E-state index contributed by atoms with van der Waals surface area (Å²) < 4.78 is 1.02. The van der Waals surface area contributed by atoms with Gasteiger partial charge in [0.05, 0.1) is 0 Å². The van der Waals surface area contributed by atoms with Crippen molar-refractivity contribution in [2.45, 2.75) is 26.8 Å². The van der Waals surface area contributed by atoms with E-state index >= 15 is 0 Å². The van der Waals surface area contributed by atoms with Gasteiger partial charge in [-0.25, -0.2) is 0 Å². The van der Waals surface area contributed by atoms with E-state index in [1.807, 2.05) is 13.0 Å². The standard InChI is InChI=1S/C14H24BrN3/c1-9(2)14(8-18(4)5)17-13-6-10(3)12(16)7-11(13)15/h6-7,9,14,17H,8,16H2,1-5H3. The fraction of sp³-hybridized carbons (Fsp3) is 0.571. The number of nitrogen functional groups attached to an aromatic ring is 1. The summed E-state index contributed by atoms with van der Waals surface area (Å²) >= 11 is 3.57. The van der Waals surface area contributed by atoms with E-state index in [2.05, 4.69) is 60.2 Å². The third-order valence-corrected chi connectivity index (χ3v) is 3.72. The molecule has 0 amide bonds. The molecule has 0 bridgehead atoms. The van der Waals surface area contributed by atoms with Crippen LogP contribution in [0.15, 0.2) is 16.6 Å². The quantitative estimate of drug-likeness (QED) is 0.819. The van der Waals surface area contributed by atoms with Crippen molar-refractivity contribution in [3.8, 4) is 0 Å². The summed E-state index contributed by atoms with van der Waals surface area (Å²) in [4.78, 5) is 2.20. The Hall–Kier alpha value is -0.740. The maximum absolute atomic E-state index is 5.89. The Morgan fingerprint density at radius 3 is 2.44 bits per heavy atom. The molecular weight excluding hydrogens is 290 g/mol. The minimum atomic E-state index is 0.416. The lowest BCUT2D eigenvalue weighted by molar-refractivity contribution is 0.344. The molecule has 0 spiro atoms. The van der Waals surface area contributed by atoms with Crippen LogP contribution in [0.1, 0.15) is 19.4 Å². The first-order valence-electron chi connectivity index (χ1n) is 6.28. The lowest BCUT2D eigenvalue weighted by atomic mass is 10.0. The van der Waals surface area contributed by atoms with E-state index < -0.39 is 0 Å². The zero-order valence-electron chi connectivity index (χ0n) is 11.9. The second kappa shape index (κ2) is 6.43. The van der Waals surface area contributed by atoms with Gasteiger partial charge in [-0.15, -0.1) is 0 Å². The minimum Gasteiger partial charge on any atom is -0.398 e. The van der Waals surface area contributed by atoms with Gasteiger partial charge in [0, 0.05) is 28.4 Å². The Bertz CT molecular complexity index is 402. The maximum Gasteiger partial charge on any atom is 0.0491 e. The lowest BCUT2D eigenvalue weighted by Gasteiger charge is -2.27. The van der Waals surface area contributed by atoms with Gasteiger partial charge in [-0.1, -0.05) is 13.8 Å². The van der Waals surface area contributed by atoms with Gasteiger partial charge < -0.3 is 16.0 Å². The van der Waals surface area contributed by atoms with Gasteiger partial charge in [0.2, 0.25) is 0 Å². The molecule has 0 aromatic heterocycles. The molecule has 0 fully saturated rings. The Labute approximate surface area is 119 Å². The maximum atomic E-state index is 5.89. The lowest BCUT2D eigenvalue weighted by Crippen LogP contribution is -2.36. The average molecular weight is 314 g/mol. The molecule has 0 aliphatic carbocycles. The average Bonchev–Trinajstić information content (AvgIpc) is 2.23. The van der Waals surface area contributed by atoms with Crippen molar-refractivity contribution in [3.05, 3.63) is 22.2 Å². The second-order valence-electron chi connectivity index (χ2n) is 5.45. The highest BCUT2D eigenvalue weighted by Crippen LogP contribution is 2.29. The van der Waals surface area contributed by atoms with Gasteiger partial charge in [-0.3, -0.25) is 0 Å². The molecule has 102 valence electrons. The number of anilines is 2. The summed E-state index contributed by atoms with van der Waals surface area (Å²) in [7, 11) is 4.20. The highest BCUT2D eigenvalue weighted by molar-refractivity contribution is 9.10. The van der Waals surface area contributed by atoms with Crippen molar-refractivity contribution in [2.24, 2.45) is 5.92 Å². The van der Waals surface area contributed by atoms with E-state index in [4.69, 9.17) is 5.73 Å². The Balaban J connectivity index is 2.90. The molecule has 3 nitrogen and oxygen atoms in total. The highest BCUT2D eigenvalue weighted by atomic mass is 79.9. The number of hydrogen-bond donors (Lipinski definition) is 2. The Morgan fingerprint density at radius 1 is 1.33 bits per heavy atom. The molecule has 0 saturated heterocycles. The zero-order valence-corrected chi connectivity index (χ0v) is 13.5. The van der Waals surface area contributed by atoms with Crippen molar-refractivity contribution in [2.75, 3.05) is 31.7 Å². The van der Waals surface area contributed by atoms with Crippen LogP contribution in [0.25, 0.3) is 0 Å². The van der Waals surface area contributed by atoms with Crippen LogP contribution in [0.3, 0.4) is 0 Å². The third kappa shape index (κ3) is 4.18. The predicted molar refractivity (Wildman–Crippen MR) is 84.1 cm³/mol. The van der Waals surface area contributed by atoms with Crippen LogP contribution in [0.4, 0.5) is 11.4 Å². The van der Waals surface area contributed by atoms with Crippen molar-refractivity contribution in [1.29, 1.82) is 0 Å². The van der Waals surface area contributed by atoms with Crippen LogP contribution in [-0.2, 0) is 0 Å². The van der Waals surface area contributed by atoms with E-state index in [-0.39, 0.29) is 0 Å². The second-order valence-corrected chi connectivity index (χ2v) is 6.30. The number of aryl methyl sites for hydroxylation is 1. The molecule has 0 aliphatic heterocycles. The molecule has 1 rings (SSSR count). The van der Waals surface area contributed by atoms with E-state index in [1.54, 1.807) is 0 Å². The van der Waals surface area contributed by atoms with Gasteiger partial charge in [-0.05, 0) is 60.6 Å². The zero-order chi connectivity index (χ0) is 13.9. The van der Waals surface area contributed by atoms with Crippen LogP contribution in [-0.4, -0.2) is 31.6 Å². The third-order valence-electron chi connectivity index (χ3n) is 3.06. The number of nitrogens with zero attached hydrogens (tertiary/aromatic N) is 1. The summed E-state index contributed by atoms with van der Waals surface area (Å²) in [6, 6.07) is 4.48.